The fraction of sp³-hybridized carbons (Fsp3) is 0.556. The van der Waals surface area contributed by atoms with Crippen molar-refractivity contribution in [2.45, 2.75) is 12.5 Å². The van der Waals surface area contributed by atoms with E-state index < -0.39 is 6.10 Å². The minimum Gasteiger partial charge on any atom is -0.394 e. The molecule has 0 aromatic heterocycles. The summed E-state index contributed by atoms with van der Waals surface area (Å²) in [7, 11) is 0. The Morgan fingerprint density at radius 1 is 1.42 bits per heavy atom. The Kier molecular flexibility index (Phi) is 8.01. The van der Waals surface area contributed by atoms with Crippen LogP contribution in [0.15, 0.2) is 24.8 Å². The molecule has 0 radical (unpaired) electrons. The van der Waals surface area contributed by atoms with Crippen molar-refractivity contribution in [2.75, 3.05) is 19.8 Å². The zero-order chi connectivity index (χ0) is 9.23. The standard InChI is InChI=1S/C9H16O3/c1-2-3-4-5-6-12-8-9(11)7-10/h2,4-5,9-11H,1,3,6-8H2. The molecule has 12 heavy (non-hydrogen) atoms. The van der Waals surface area contributed by atoms with Gasteiger partial charge in [-0.15, -0.1) is 6.58 Å². The van der Waals surface area contributed by atoms with E-state index >= 15 is 0 Å². The number of hydrogen-bond donors (Lipinski definition) is 2. The maximum Gasteiger partial charge on any atom is 0.100 e. The van der Waals surface area contributed by atoms with Crippen LogP contribution in [-0.2, 0) is 4.74 Å². The summed E-state index contributed by atoms with van der Waals surface area (Å²) in [6.07, 6.45) is 5.63. The molecule has 0 spiro atoms. The van der Waals surface area contributed by atoms with Gasteiger partial charge in [-0.3, -0.25) is 0 Å². The van der Waals surface area contributed by atoms with Crippen molar-refractivity contribution in [3.63, 3.8) is 0 Å². The fourth-order valence-corrected chi connectivity index (χ4v) is 0.585. The van der Waals surface area contributed by atoms with Gasteiger partial charge < -0.3 is 14.9 Å². The van der Waals surface area contributed by atoms with Gasteiger partial charge in [0.15, 0.2) is 0 Å². The molecule has 0 saturated heterocycles. The van der Waals surface area contributed by atoms with Gasteiger partial charge in [0.25, 0.3) is 0 Å². The average molecular weight is 172 g/mol. The molecule has 1 atom stereocenters. The quantitative estimate of drug-likeness (QED) is 0.434. The lowest BCUT2D eigenvalue weighted by molar-refractivity contribution is 0.0149. The van der Waals surface area contributed by atoms with Crippen LogP contribution in [0, 0.1) is 0 Å². The molecule has 2 N–H and O–H groups in total. The zero-order valence-corrected chi connectivity index (χ0v) is 7.15. The van der Waals surface area contributed by atoms with Crippen LogP contribution in [0.25, 0.3) is 0 Å². The summed E-state index contributed by atoms with van der Waals surface area (Å²) in [4.78, 5) is 0. The number of aliphatic hydroxyl groups is 2. The van der Waals surface area contributed by atoms with Gasteiger partial charge in [0.2, 0.25) is 0 Å². The van der Waals surface area contributed by atoms with Crippen molar-refractivity contribution >= 4 is 0 Å². The van der Waals surface area contributed by atoms with Crippen molar-refractivity contribution < 1.29 is 14.9 Å². The Hall–Kier alpha value is -0.640. The molecule has 1 unspecified atom stereocenters. The molecule has 0 rings (SSSR count). The normalized spacial score (nSPS) is 13.5. The second-order valence-electron chi connectivity index (χ2n) is 2.37. The van der Waals surface area contributed by atoms with Crippen LogP contribution >= 0.6 is 0 Å². The molecular formula is C9H16O3. The van der Waals surface area contributed by atoms with Gasteiger partial charge in [0.05, 0.1) is 19.8 Å². The summed E-state index contributed by atoms with van der Waals surface area (Å²) in [6, 6.07) is 0. The summed E-state index contributed by atoms with van der Waals surface area (Å²) in [6.45, 7) is 3.94. The Bertz CT molecular complexity index is 132. The summed E-state index contributed by atoms with van der Waals surface area (Å²) in [5.41, 5.74) is 0. The predicted molar refractivity (Wildman–Crippen MR) is 47.9 cm³/mol. The van der Waals surface area contributed by atoms with Gasteiger partial charge >= 0.3 is 0 Å². The Labute approximate surface area is 73.0 Å². The maximum atomic E-state index is 8.85. The molecule has 0 aromatic carbocycles. The van der Waals surface area contributed by atoms with E-state index in [9.17, 15) is 0 Å². The second kappa shape index (κ2) is 8.46. The topological polar surface area (TPSA) is 49.7 Å². The van der Waals surface area contributed by atoms with Crippen LogP contribution < -0.4 is 0 Å². The van der Waals surface area contributed by atoms with Crippen molar-refractivity contribution in [2.24, 2.45) is 0 Å². The summed E-state index contributed by atoms with van der Waals surface area (Å²) >= 11 is 0. The van der Waals surface area contributed by atoms with E-state index in [1.165, 1.54) is 0 Å². The van der Waals surface area contributed by atoms with E-state index in [4.69, 9.17) is 14.9 Å². The van der Waals surface area contributed by atoms with E-state index in [0.29, 0.717) is 6.61 Å². The molecule has 0 aromatic rings. The highest BCUT2D eigenvalue weighted by Gasteiger charge is 1.98. The van der Waals surface area contributed by atoms with Crippen LogP contribution in [-0.4, -0.2) is 36.1 Å². The first-order valence-electron chi connectivity index (χ1n) is 3.93. The van der Waals surface area contributed by atoms with E-state index in [-0.39, 0.29) is 13.2 Å². The first kappa shape index (κ1) is 11.4. The smallest absolute Gasteiger partial charge is 0.100 e. The molecule has 3 heteroatoms. The lowest BCUT2D eigenvalue weighted by atomic mass is 10.4. The molecule has 0 fully saturated rings. The van der Waals surface area contributed by atoms with Crippen molar-refractivity contribution in [1.82, 2.24) is 0 Å². The molecule has 3 nitrogen and oxygen atoms in total. The highest BCUT2D eigenvalue weighted by atomic mass is 16.5. The lowest BCUT2D eigenvalue weighted by Gasteiger charge is -2.05. The van der Waals surface area contributed by atoms with Gasteiger partial charge in [0, 0.05) is 0 Å². The highest BCUT2D eigenvalue weighted by molar-refractivity contribution is 4.88. The lowest BCUT2D eigenvalue weighted by Crippen LogP contribution is -2.19. The third kappa shape index (κ3) is 7.47. The average Bonchev–Trinajstić information content (AvgIpc) is 2.10. The minimum absolute atomic E-state index is 0.176. The van der Waals surface area contributed by atoms with Gasteiger partial charge in [-0.05, 0) is 6.42 Å². The first-order valence-corrected chi connectivity index (χ1v) is 3.93. The largest absolute Gasteiger partial charge is 0.394 e. The van der Waals surface area contributed by atoms with Crippen molar-refractivity contribution in [1.29, 1.82) is 0 Å². The summed E-state index contributed by atoms with van der Waals surface area (Å²) in [5, 5.41) is 17.3. The van der Waals surface area contributed by atoms with Crippen molar-refractivity contribution in [3.8, 4) is 0 Å². The number of ether oxygens (including phenoxy) is 1. The maximum absolute atomic E-state index is 8.85. The summed E-state index contributed by atoms with van der Waals surface area (Å²) in [5.74, 6) is 0. The highest BCUT2D eigenvalue weighted by Crippen LogP contribution is 1.86. The minimum atomic E-state index is -0.766. The molecule has 0 aliphatic carbocycles. The molecular weight excluding hydrogens is 156 g/mol. The number of allylic oxidation sites excluding steroid dienone is 2. The molecule has 70 valence electrons. The third-order valence-corrected chi connectivity index (χ3v) is 1.20. The number of hydrogen-bond acceptors (Lipinski definition) is 3. The van der Waals surface area contributed by atoms with Gasteiger partial charge in [-0.25, -0.2) is 0 Å². The second-order valence-corrected chi connectivity index (χ2v) is 2.37. The molecule has 0 heterocycles. The predicted octanol–water partition coefficient (Wildman–Crippen LogP) is 0.488. The van der Waals surface area contributed by atoms with Crippen molar-refractivity contribution in [3.05, 3.63) is 24.8 Å². The third-order valence-electron chi connectivity index (χ3n) is 1.20. The monoisotopic (exact) mass is 172 g/mol. The molecule has 0 amide bonds. The Balaban J connectivity index is 3.14. The van der Waals surface area contributed by atoms with Crippen LogP contribution in [0.2, 0.25) is 0 Å². The summed E-state index contributed by atoms with van der Waals surface area (Å²) < 4.78 is 5.00. The SMILES string of the molecule is C=CCC=CCOCC(O)CO. The Morgan fingerprint density at radius 2 is 2.17 bits per heavy atom. The van der Waals surface area contributed by atoms with Crippen LogP contribution in [0.3, 0.4) is 0 Å². The molecule has 0 bridgehead atoms. The molecule has 0 aliphatic heterocycles. The molecule has 0 saturated carbocycles. The Morgan fingerprint density at radius 3 is 2.75 bits per heavy atom. The van der Waals surface area contributed by atoms with Crippen LogP contribution in [0.1, 0.15) is 6.42 Å². The first-order chi connectivity index (χ1) is 5.81. The zero-order valence-electron chi connectivity index (χ0n) is 7.15. The van der Waals surface area contributed by atoms with E-state index in [2.05, 4.69) is 6.58 Å². The van der Waals surface area contributed by atoms with Gasteiger partial charge in [-0.1, -0.05) is 18.2 Å². The van der Waals surface area contributed by atoms with Gasteiger partial charge in [0.1, 0.15) is 6.10 Å². The van der Waals surface area contributed by atoms with Gasteiger partial charge in [-0.2, -0.15) is 0 Å². The number of aliphatic hydroxyl groups excluding tert-OH is 2. The van der Waals surface area contributed by atoms with E-state index in [1.54, 1.807) is 6.08 Å². The number of rotatable bonds is 7. The van der Waals surface area contributed by atoms with Crippen LogP contribution in [0.5, 0.6) is 0 Å². The fourth-order valence-electron chi connectivity index (χ4n) is 0.585. The van der Waals surface area contributed by atoms with E-state index in [1.807, 2.05) is 12.2 Å². The van der Waals surface area contributed by atoms with E-state index in [0.717, 1.165) is 6.42 Å². The van der Waals surface area contributed by atoms with Crippen LogP contribution in [0.4, 0.5) is 0 Å². The molecule has 0 aliphatic rings.